The van der Waals surface area contributed by atoms with Gasteiger partial charge in [-0.05, 0) is 88.6 Å². The van der Waals surface area contributed by atoms with Crippen LogP contribution in [0.4, 0.5) is 20.6 Å². The fraction of sp³-hybridized carbons (Fsp3) is 0.111. The smallest absolute Gasteiger partial charge is 0.335 e. The predicted octanol–water partition coefficient (Wildman–Crippen LogP) is 5.24. The van der Waals surface area contributed by atoms with Crippen molar-refractivity contribution >= 4 is 68.7 Å². The first-order valence-corrected chi connectivity index (χ1v) is 12.5. The molecule has 12 heteroatoms. The molecule has 0 aromatic heterocycles. The molecule has 1 saturated heterocycles. The molecule has 200 valence electrons. The Labute approximate surface area is 235 Å². The number of halogens is 3. The number of carbonyl (C=O) groups excluding carboxylic acids is 4. The van der Waals surface area contributed by atoms with E-state index in [1.165, 1.54) is 49.6 Å². The van der Waals surface area contributed by atoms with Crippen molar-refractivity contribution in [1.82, 2.24) is 5.32 Å². The van der Waals surface area contributed by atoms with Gasteiger partial charge in [-0.25, -0.2) is 14.1 Å². The lowest BCUT2D eigenvalue weighted by molar-refractivity contribution is -0.122. The number of carbonyl (C=O) groups is 4. The Kier molecular flexibility index (Phi) is 8.32. The van der Waals surface area contributed by atoms with Crippen molar-refractivity contribution in [2.45, 2.75) is 6.92 Å². The Morgan fingerprint density at radius 1 is 1.13 bits per heavy atom. The second-order valence-electron chi connectivity index (χ2n) is 8.27. The summed E-state index contributed by atoms with van der Waals surface area (Å²) in [5.41, 5.74) is 1.43. The highest BCUT2D eigenvalue weighted by molar-refractivity contribution is 9.10. The Morgan fingerprint density at radius 3 is 2.51 bits per heavy atom. The van der Waals surface area contributed by atoms with Gasteiger partial charge in [-0.3, -0.25) is 19.7 Å². The quantitative estimate of drug-likeness (QED) is 0.277. The van der Waals surface area contributed by atoms with Gasteiger partial charge in [0.05, 0.1) is 17.3 Å². The molecule has 3 aromatic rings. The van der Waals surface area contributed by atoms with Crippen molar-refractivity contribution in [2.75, 3.05) is 23.9 Å². The Hall–Kier alpha value is -4.22. The lowest BCUT2D eigenvalue weighted by atomic mass is 10.1. The topological polar surface area (TPSA) is 114 Å². The van der Waals surface area contributed by atoms with Crippen LogP contribution in [0.15, 0.2) is 64.6 Å². The van der Waals surface area contributed by atoms with Gasteiger partial charge in [-0.2, -0.15) is 0 Å². The maximum atomic E-state index is 13.2. The lowest BCUT2D eigenvalue weighted by Crippen LogP contribution is -2.54. The van der Waals surface area contributed by atoms with Crippen molar-refractivity contribution < 1.29 is 33.0 Å². The third-order valence-electron chi connectivity index (χ3n) is 5.55. The predicted molar refractivity (Wildman–Crippen MR) is 146 cm³/mol. The minimum atomic E-state index is -0.900. The number of benzene rings is 3. The Balaban J connectivity index is 1.56. The normalized spacial score (nSPS) is 14.3. The molecule has 2 N–H and O–H groups in total. The van der Waals surface area contributed by atoms with E-state index in [4.69, 9.17) is 21.1 Å². The van der Waals surface area contributed by atoms with Crippen molar-refractivity contribution in [1.29, 1.82) is 0 Å². The van der Waals surface area contributed by atoms with E-state index in [0.29, 0.717) is 20.7 Å². The van der Waals surface area contributed by atoms with Crippen LogP contribution in [-0.2, 0) is 14.4 Å². The molecule has 0 bridgehead atoms. The average molecular weight is 617 g/mol. The molecular formula is C27H20BrClFN3O6. The number of amides is 5. The number of methoxy groups -OCH3 is 1. The second kappa shape index (κ2) is 11.7. The van der Waals surface area contributed by atoms with Crippen molar-refractivity contribution in [3.05, 3.63) is 86.6 Å². The average Bonchev–Trinajstić information content (AvgIpc) is 2.89. The highest BCUT2D eigenvalue weighted by Crippen LogP contribution is 2.37. The molecule has 9 nitrogen and oxygen atoms in total. The first kappa shape index (κ1) is 27.8. The van der Waals surface area contributed by atoms with Gasteiger partial charge < -0.3 is 14.8 Å². The number of anilines is 2. The van der Waals surface area contributed by atoms with E-state index in [1.54, 1.807) is 25.1 Å². The van der Waals surface area contributed by atoms with Gasteiger partial charge in [0.25, 0.3) is 17.7 Å². The van der Waals surface area contributed by atoms with Gasteiger partial charge >= 0.3 is 6.03 Å². The summed E-state index contributed by atoms with van der Waals surface area (Å²) in [4.78, 5) is 51.3. The zero-order valence-corrected chi connectivity index (χ0v) is 22.9. The van der Waals surface area contributed by atoms with Gasteiger partial charge in [-0.15, -0.1) is 0 Å². The molecule has 0 saturated carbocycles. The molecule has 1 aliphatic rings. The van der Waals surface area contributed by atoms with Crippen molar-refractivity contribution in [2.24, 2.45) is 0 Å². The van der Waals surface area contributed by atoms with Gasteiger partial charge in [0.1, 0.15) is 11.4 Å². The van der Waals surface area contributed by atoms with E-state index in [9.17, 15) is 23.6 Å². The van der Waals surface area contributed by atoms with Crippen LogP contribution in [0.2, 0.25) is 5.02 Å². The minimum absolute atomic E-state index is 0.194. The summed E-state index contributed by atoms with van der Waals surface area (Å²) in [6.07, 6.45) is 1.30. The van der Waals surface area contributed by atoms with Gasteiger partial charge in [0.2, 0.25) is 0 Å². The van der Waals surface area contributed by atoms with Crippen LogP contribution in [0.3, 0.4) is 0 Å². The molecule has 0 unspecified atom stereocenters. The molecule has 0 aliphatic carbocycles. The third kappa shape index (κ3) is 6.27. The Morgan fingerprint density at radius 2 is 1.85 bits per heavy atom. The van der Waals surface area contributed by atoms with E-state index in [-0.39, 0.29) is 29.4 Å². The molecule has 0 spiro atoms. The minimum Gasteiger partial charge on any atom is -0.493 e. The third-order valence-corrected chi connectivity index (χ3v) is 6.55. The van der Waals surface area contributed by atoms with Crippen LogP contribution in [0.5, 0.6) is 11.5 Å². The summed E-state index contributed by atoms with van der Waals surface area (Å²) < 4.78 is 24.4. The van der Waals surface area contributed by atoms with Crippen LogP contribution < -0.4 is 25.0 Å². The molecule has 1 aliphatic heterocycles. The summed E-state index contributed by atoms with van der Waals surface area (Å²) in [6, 6.07) is 12.1. The van der Waals surface area contributed by atoms with Gasteiger partial charge in [0, 0.05) is 10.7 Å². The van der Waals surface area contributed by atoms with E-state index in [0.717, 1.165) is 10.5 Å². The number of nitrogens with one attached hydrogen (secondary N) is 2. The van der Waals surface area contributed by atoms with Crippen LogP contribution in [0, 0.1) is 12.7 Å². The Bertz CT molecular complexity index is 1530. The maximum absolute atomic E-state index is 13.2. The molecule has 0 atom stereocenters. The van der Waals surface area contributed by atoms with E-state index in [2.05, 4.69) is 26.6 Å². The monoisotopic (exact) mass is 615 g/mol. The number of urea groups is 1. The van der Waals surface area contributed by atoms with Crippen LogP contribution in [-0.4, -0.2) is 37.5 Å². The van der Waals surface area contributed by atoms with Crippen LogP contribution >= 0.6 is 27.5 Å². The number of nitrogens with zero attached hydrogens (tertiary/aromatic N) is 1. The second-order valence-corrected chi connectivity index (χ2v) is 9.53. The molecular weight excluding hydrogens is 597 g/mol. The molecule has 39 heavy (non-hydrogen) atoms. The standard InChI is InChI=1S/C27H20BrClFN3O6/c1-14-3-8-18(12-21(14)29)33-26(36)19(25(35)32-27(33)37)9-15-10-20(28)24(22(11-15)38-2)39-13-23(34)31-17-6-4-16(30)5-7-17/h3-12H,13H2,1-2H3,(H,31,34)(H,32,35,37)/b19-9+. The first-order valence-electron chi connectivity index (χ1n) is 11.3. The zero-order valence-electron chi connectivity index (χ0n) is 20.5. The number of barbiturate groups is 1. The molecule has 1 fully saturated rings. The number of aryl methyl sites for hydroxylation is 1. The van der Waals surface area contributed by atoms with Gasteiger partial charge in [0.15, 0.2) is 18.1 Å². The molecule has 4 rings (SSSR count). The molecule has 1 heterocycles. The summed E-state index contributed by atoms with van der Waals surface area (Å²) in [6.45, 7) is 1.39. The highest BCUT2D eigenvalue weighted by Gasteiger charge is 2.37. The number of imide groups is 2. The summed E-state index contributed by atoms with van der Waals surface area (Å²) >= 11 is 9.52. The number of hydrogen-bond donors (Lipinski definition) is 2. The molecule has 3 aromatic carbocycles. The highest BCUT2D eigenvalue weighted by atomic mass is 79.9. The first-order chi connectivity index (χ1) is 18.6. The van der Waals surface area contributed by atoms with Crippen molar-refractivity contribution in [3.8, 4) is 11.5 Å². The molecule has 5 amide bonds. The molecule has 0 radical (unpaired) electrons. The van der Waals surface area contributed by atoms with Crippen LogP contribution in [0.25, 0.3) is 6.08 Å². The maximum Gasteiger partial charge on any atom is 0.335 e. The largest absolute Gasteiger partial charge is 0.493 e. The fourth-order valence-corrected chi connectivity index (χ4v) is 4.36. The van der Waals surface area contributed by atoms with Crippen LogP contribution in [0.1, 0.15) is 11.1 Å². The number of rotatable bonds is 7. The SMILES string of the molecule is COc1cc(/C=C2\C(=O)NC(=O)N(c3ccc(C)c(Cl)c3)C2=O)cc(Br)c1OCC(=O)Nc1ccc(F)cc1. The van der Waals surface area contributed by atoms with E-state index >= 15 is 0 Å². The summed E-state index contributed by atoms with van der Waals surface area (Å²) in [5, 5.41) is 5.09. The number of hydrogen-bond acceptors (Lipinski definition) is 6. The van der Waals surface area contributed by atoms with E-state index in [1.807, 2.05) is 0 Å². The summed E-state index contributed by atoms with van der Waals surface area (Å²) in [7, 11) is 1.38. The van der Waals surface area contributed by atoms with E-state index < -0.39 is 29.6 Å². The fourth-order valence-electron chi connectivity index (χ4n) is 3.61. The van der Waals surface area contributed by atoms with Gasteiger partial charge in [-0.1, -0.05) is 17.7 Å². The number of ether oxygens (including phenoxy) is 2. The lowest BCUT2D eigenvalue weighted by Gasteiger charge is -2.26. The zero-order chi connectivity index (χ0) is 28.3. The van der Waals surface area contributed by atoms with Crippen molar-refractivity contribution in [3.63, 3.8) is 0 Å². The summed E-state index contributed by atoms with van der Waals surface area (Å²) in [5.74, 6) is -2.23.